The Morgan fingerprint density at radius 3 is 1.94 bits per heavy atom. The van der Waals surface area contributed by atoms with Crippen molar-refractivity contribution in [1.82, 2.24) is 0 Å². The van der Waals surface area contributed by atoms with Gasteiger partial charge in [0, 0.05) is 33.9 Å². The quantitative estimate of drug-likeness (QED) is 0.186. The van der Waals surface area contributed by atoms with E-state index in [0.29, 0.717) is 0 Å². The van der Waals surface area contributed by atoms with Gasteiger partial charge in [0.15, 0.2) is 0 Å². The molecule has 0 saturated heterocycles. The zero-order chi connectivity index (χ0) is 31.3. The lowest BCUT2D eigenvalue weighted by Crippen LogP contribution is -2.64. The molecule has 0 amide bonds. The predicted molar refractivity (Wildman–Crippen MR) is 199 cm³/mol. The molecule has 1 aliphatic carbocycles. The third-order valence-electron chi connectivity index (χ3n) is 12.2. The number of benzene rings is 6. The van der Waals surface area contributed by atoms with Crippen LogP contribution < -0.4 is 26.2 Å². The minimum Gasteiger partial charge on any atom is -0.335 e. The highest BCUT2D eigenvalue weighted by atomic mass is 15.3. The molecule has 2 atom stereocenters. The molecule has 2 unspecified atom stereocenters. The lowest BCUT2D eigenvalue weighted by Gasteiger charge is -2.52. The molecule has 1 fully saturated rings. The van der Waals surface area contributed by atoms with Gasteiger partial charge in [-0.3, -0.25) is 0 Å². The second-order valence-electron chi connectivity index (χ2n) is 14.4. The van der Waals surface area contributed by atoms with Gasteiger partial charge in [0.1, 0.15) is 0 Å². The van der Waals surface area contributed by atoms with Gasteiger partial charge in [-0.1, -0.05) is 129 Å². The second-order valence-corrected chi connectivity index (χ2v) is 14.4. The first kappa shape index (κ1) is 27.1. The average Bonchev–Trinajstić information content (AvgIpc) is 3.34. The lowest BCUT2D eigenvalue weighted by molar-refractivity contribution is 0.195. The van der Waals surface area contributed by atoms with E-state index in [1.54, 1.807) is 5.56 Å². The van der Waals surface area contributed by atoms with Crippen LogP contribution >= 0.6 is 0 Å². The van der Waals surface area contributed by atoms with Crippen LogP contribution in [0.2, 0.25) is 0 Å². The average molecular weight is 605 g/mol. The van der Waals surface area contributed by atoms with E-state index in [1.165, 1.54) is 92.8 Å². The number of nitrogens with zero attached hydrogens (tertiary/aromatic N) is 2. The van der Waals surface area contributed by atoms with E-state index in [4.69, 9.17) is 0 Å². The van der Waals surface area contributed by atoms with E-state index >= 15 is 0 Å². The summed E-state index contributed by atoms with van der Waals surface area (Å²) in [5.41, 5.74) is 17.6. The summed E-state index contributed by atoms with van der Waals surface area (Å²) in [6, 6.07) is 52.2. The standard InChI is InChI=1S/C44H37BN2/c1-43-27-9-10-28-44(43,2)47-40-20-12-19-39-41(40)45(36-18-11-17-35(43)42(36)47)37-29-33(31-15-7-4-8-16-31)23-26-38(37)46(39)34-24-21-32(22-25-34)30-13-5-3-6-14-30/h3-8,11-26,29H,9-10,27-28H2,1-2H3. The van der Waals surface area contributed by atoms with Crippen LogP contribution in [0.4, 0.5) is 28.4 Å². The molecule has 226 valence electrons. The molecule has 3 heterocycles. The summed E-state index contributed by atoms with van der Waals surface area (Å²) in [6.07, 6.45) is 5.04. The number of para-hydroxylation sites is 1. The summed E-state index contributed by atoms with van der Waals surface area (Å²) in [7, 11) is 0. The summed E-state index contributed by atoms with van der Waals surface area (Å²) in [4.78, 5) is 5.33. The smallest absolute Gasteiger partial charge is 0.252 e. The molecule has 4 aliphatic rings. The highest BCUT2D eigenvalue weighted by Crippen LogP contribution is 2.61. The number of hydrogen-bond donors (Lipinski definition) is 0. The molecule has 6 aromatic carbocycles. The largest absolute Gasteiger partial charge is 0.335 e. The number of rotatable bonds is 3. The molecule has 3 heteroatoms. The number of fused-ring (bicyclic) bond motifs is 7. The van der Waals surface area contributed by atoms with E-state index < -0.39 is 0 Å². The Balaban J connectivity index is 1.24. The molecule has 10 rings (SSSR count). The summed E-state index contributed by atoms with van der Waals surface area (Å²) in [5, 5.41) is 0. The molecule has 2 nitrogen and oxygen atoms in total. The number of anilines is 5. The van der Waals surface area contributed by atoms with Crippen molar-refractivity contribution in [3.8, 4) is 22.3 Å². The zero-order valence-electron chi connectivity index (χ0n) is 27.1. The lowest BCUT2D eigenvalue weighted by atomic mass is 9.33. The summed E-state index contributed by atoms with van der Waals surface area (Å²) < 4.78 is 0. The monoisotopic (exact) mass is 604 g/mol. The third-order valence-corrected chi connectivity index (χ3v) is 12.2. The van der Waals surface area contributed by atoms with Gasteiger partial charge in [0.25, 0.3) is 6.71 Å². The van der Waals surface area contributed by atoms with Gasteiger partial charge in [0.2, 0.25) is 0 Å². The van der Waals surface area contributed by atoms with Gasteiger partial charge in [-0.25, -0.2) is 0 Å². The van der Waals surface area contributed by atoms with Gasteiger partial charge >= 0.3 is 0 Å². The normalized spacial score (nSPS) is 21.5. The van der Waals surface area contributed by atoms with Crippen molar-refractivity contribution < 1.29 is 0 Å². The fraction of sp³-hybridized carbons (Fsp3) is 0.182. The van der Waals surface area contributed by atoms with Crippen LogP contribution in [0.5, 0.6) is 0 Å². The number of hydrogen-bond acceptors (Lipinski definition) is 2. The maximum Gasteiger partial charge on any atom is 0.252 e. The van der Waals surface area contributed by atoms with E-state index in [2.05, 4.69) is 163 Å². The SMILES string of the molecule is CC12CCCCC1(C)N1c3cccc4c3B(c3cc(-c5ccccc5)ccc3N4c3ccc(-c4ccccc4)cc3)c3cccc2c31. The molecule has 3 aliphatic heterocycles. The summed E-state index contributed by atoms with van der Waals surface area (Å²) >= 11 is 0. The molecule has 0 aromatic heterocycles. The summed E-state index contributed by atoms with van der Waals surface area (Å²) in [5.74, 6) is 0. The van der Waals surface area contributed by atoms with Crippen molar-refractivity contribution in [3.05, 3.63) is 145 Å². The van der Waals surface area contributed by atoms with Gasteiger partial charge in [-0.05, 0) is 94.3 Å². The molecule has 0 spiro atoms. The molecule has 0 bridgehead atoms. The topological polar surface area (TPSA) is 6.48 Å². The van der Waals surface area contributed by atoms with E-state index in [-0.39, 0.29) is 17.7 Å². The van der Waals surface area contributed by atoms with Crippen molar-refractivity contribution in [3.63, 3.8) is 0 Å². The van der Waals surface area contributed by atoms with Crippen LogP contribution in [0.15, 0.2) is 140 Å². The first-order valence-corrected chi connectivity index (χ1v) is 17.3. The minimum absolute atomic E-state index is 0.0398. The fourth-order valence-electron chi connectivity index (χ4n) is 9.74. The third kappa shape index (κ3) is 3.58. The Kier molecular flexibility index (Phi) is 5.63. The van der Waals surface area contributed by atoms with Crippen LogP contribution in [0.3, 0.4) is 0 Å². The van der Waals surface area contributed by atoms with E-state index in [0.717, 1.165) is 0 Å². The fourth-order valence-corrected chi connectivity index (χ4v) is 9.74. The molecule has 47 heavy (non-hydrogen) atoms. The van der Waals surface area contributed by atoms with Crippen molar-refractivity contribution in [2.75, 3.05) is 9.80 Å². The van der Waals surface area contributed by atoms with Crippen LogP contribution in [0.25, 0.3) is 22.3 Å². The zero-order valence-corrected chi connectivity index (χ0v) is 27.1. The van der Waals surface area contributed by atoms with Crippen molar-refractivity contribution >= 4 is 51.5 Å². The molecular weight excluding hydrogens is 567 g/mol. The van der Waals surface area contributed by atoms with Crippen molar-refractivity contribution in [1.29, 1.82) is 0 Å². The van der Waals surface area contributed by atoms with Crippen molar-refractivity contribution in [2.45, 2.75) is 50.5 Å². The molecule has 1 saturated carbocycles. The van der Waals surface area contributed by atoms with E-state index in [1.807, 2.05) is 0 Å². The van der Waals surface area contributed by atoms with Crippen molar-refractivity contribution in [2.24, 2.45) is 0 Å². The Hall–Kier alpha value is -5.02. The Labute approximate surface area is 278 Å². The molecule has 6 aromatic rings. The molecule has 0 N–H and O–H groups in total. The van der Waals surface area contributed by atoms with Gasteiger partial charge in [0.05, 0.1) is 5.54 Å². The molecule has 0 radical (unpaired) electrons. The van der Waals surface area contributed by atoms with E-state index in [9.17, 15) is 0 Å². The first-order chi connectivity index (χ1) is 23.1. The van der Waals surface area contributed by atoms with Gasteiger partial charge in [-0.2, -0.15) is 0 Å². The minimum atomic E-state index is 0.0398. The first-order valence-electron chi connectivity index (χ1n) is 17.3. The Bertz CT molecular complexity index is 2190. The Morgan fingerprint density at radius 2 is 1.17 bits per heavy atom. The highest BCUT2D eigenvalue weighted by Gasteiger charge is 2.61. The molecular formula is C44H37BN2. The second kappa shape index (κ2) is 9.75. The Morgan fingerprint density at radius 1 is 0.532 bits per heavy atom. The van der Waals surface area contributed by atoms with Crippen LogP contribution in [-0.4, -0.2) is 12.3 Å². The highest BCUT2D eigenvalue weighted by molar-refractivity contribution is 7.00. The maximum atomic E-state index is 2.80. The summed E-state index contributed by atoms with van der Waals surface area (Å²) in [6.45, 7) is 5.28. The van der Waals surface area contributed by atoms with Crippen LogP contribution in [-0.2, 0) is 5.41 Å². The predicted octanol–water partition coefficient (Wildman–Crippen LogP) is 9.38. The van der Waals surface area contributed by atoms with Crippen LogP contribution in [0.1, 0.15) is 45.1 Å². The van der Waals surface area contributed by atoms with Crippen LogP contribution in [0, 0.1) is 0 Å². The van der Waals surface area contributed by atoms with Gasteiger partial charge < -0.3 is 9.80 Å². The van der Waals surface area contributed by atoms with Gasteiger partial charge in [-0.15, -0.1) is 0 Å². The maximum absolute atomic E-state index is 2.80.